The summed E-state index contributed by atoms with van der Waals surface area (Å²) in [5.74, 6) is 0.600. The van der Waals surface area contributed by atoms with Crippen molar-refractivity contribution < 1.29 is 10.2 Å². The molecule has 0 aromatic carbocycles. The summed E-state index contributed by atoms with van der Waals surface area (Å²) in [5.41, 5.74) is 0. The van der Waals surface area contributed by atoms with Crippen LogP contribution in [0.3, 0.4) is 0 Å². The van der Waals surface area contributed by atoms with Crippen LogP contribution in [0, 0.1) is 5.92 Å². The smallest absolute Gasteiger partial charge is 0.0636 e. The van der Waals surface area contributed by atoms with Gasteiger partial charge in [0.25, 0.3) is 0 Å². The van der Waals surface area contributed by atoms with Crippen LogP contribution >= 0.6 is 0 Å². The molecule has 1 aliphatic rings. The monoisotopic (exact) mass is 187 g/mol. The van der Waals surface area contributed by atoms with Crippen LogP contribution in [0.4, 0.5) is 0 Å². The lowest BCUT2D eigenvalue weighted by Gasteiger charge is -2.26. The quantitative estimate of drug-likeness (QED) is 0.601. The van der Waals surface area contributed by atoms with Crippen LogP contribution in [0.25, 0.3) is 0 Å². The SMILES string of the molecule is C[C@@H](O)CNCC1CCCC(O)C1. The Balaban J connectivity index is 2.06. The predicted molar refractivity (Wildman–Crippen MR) is 52.5 cm³/mol. The van der Waals surface area contributed by atoms with Crippen molar-refractivity contribution in [3.05, 3.63) is 0 Å². The molecule has 0 aromatic heterocycles. The Morgan fingerprint density at radius 1 is 1.46 bits per heavy atom. The van der Waals surface area contributed by atoms with Gasteiger partial charge in [-0.1, -0.05) is 6.42 Å². The highest BCUT2D eigenvalue weighted by Crippen LogP contribution is 2.23. The summed E-state index contributed by atoms with van der Waals surface area (Å²) in [5, 5.41) is 21.6. The van der Waals surface area contributed by atoms with Crippen LogP contribution in [0.15, 0.2) is 0 Å². The molecule has 1 fully saturated rings. The third-order valence-electron chi connectivity index (χ3n) is 2.63. The Hall–Kier alpha value is -0.120. The van der Waals surface area contributed by atoms with Gasteiger partial charge >= 0.3 is 0 Å². The Kier molecular flexibility index (Phi) is 4.70. The van der Waals surface area contributed by atoms with E-state index in [4.69, 9.17) is 5.11 Å². The second-order valence-electron chi connectivity index (χ2n) is 4.19. The van der Waals surface area contributed by atoms with Crippen molar-refractivity contribution >= 4 is 0 Å². The van der Waals surface area contributed by atoms with Crippen LogP contribution in [-0.2, 0) is 0 Å². The lowest BCUT2D eigenvalue weighted by atomic mass is 9.87. The number of hydrogen-bond donors (Lipinski definition) is 3. The van der Waals surface area contributed by atoms with E-state index < -0.39 is 0 Å². The first kappa shape index (κ1) is 11.0. The molecule has 1 saturated carbocycles. The maximum absolute atomic E-state index is 9.41. The number of rotatable bonds is 4. The van der Waals surface area contributed by atoms with E-state index >= 15 is 0 Å². The molecule has 0 radical (unpaired) electrons. The van der Waals surface area contributed by atoms with E-state index in [1.807, 2.05) is 0 Å². The number of hydrogen-bond acceptors (Lipinski definition) is 3. The van der Waals surface area contributed by atoms with Gasteiger partial charge in [-0.25, -0.2) is 0 Å². The molecule has 0 heterocycles. The minimum atomic E-state index is -0.270. The Labute approximate surface area is 80.2 Å². The zero-order valence-corrected chi connectivity index (χ0v) is 8.37. The Morgan fingerprint density at radius 2 is 2.23 bits per heavy atom. The fourth-order valence-electron chi connectivity index (χ4n) is 1.94. The van der Waals surface area contributed by atoms with E-state index in [0.29, 0.717) is 12.5 Å². The van der Waals surface area contributed by atoms with Crippen LogP contribution in [-0.4, -0.2) is 35.5 Å². The van der Waals surface area contributed by atoms with E-state index in [-0.39, 0.29) is 12.2 Å². The van der Waals surface area contributed by atoms with E-state index in [1.54, 1.807) is 6.92 Å². The third-order valence-corrected chi connectivity index (χ3v) is 2.63. The van der Waals surface area contributed by atoms with Crippen molar-refractivity contribution in [1.29, 1.82) is 0 Å². The molecule has 1 aliphatic carbocycles. The standard InChI is InChI=1S/C10H21NO2/c1-8(12)6-11-7-9-3-2-4-10(13)5-9/h8-13H,2-7H2,1H3/t8-,9?,10?/m1/s1. The fraction of sp³-hybridized carbons (Fsp3) is 1.00. The van der Waals surface area contributed by atoms with Crippen molar-refractivity contribution in [2.24, 2.45) is 5.92 Å². The van der Waals surface area contributed by atoms with E-state index in [1.165, 1.54) is 6.42 Å². The Morgan fingerprint density at radius 3 is 2.85 bits per heavy atom. The highest BCUT2D eigenvalue weighted by molar-refractivity contribution is 4.73. The van der Waals surface area contributed by atoms with Gasteiger partial charge in [0, 0.05) is 6.54 Å². The van der Waals surface area contributed by atoms with Gasteiger partial charge < -0.3 is 15.5 Å². The van der Waals surface area contributed by atoms with Crippen molar-refractivity contribution in [3.63, 3.8) is 0 Å². The third kappa shape index (κ3) is 4.60. The summed E-state index contributed by atoms with van der Waals surface area (Å²) in [6.45, 7) is 3.37. The summed E-state index contributed by atoms with van der Waals surface area (Å²) in [7, 11) is 0. The largest absolute Gasteiger partial charge is 0.393 e. The van der Waals surface area contributed by atoms with Crippen LogP contribution in [0.5, 0.6) is 0 Å². The van der Waals surface area contributed by atoms with Crippen molar-refractivity contribution in [2.45, 2.75) is 44.8 Å². The lowest BCUT2D eigenvalue weighted by Crippen LogP contribution is -2.32. The zero-order chi connectivity index (χ0) is 9.68. The average molecular weight is 187 g/mol. The summed E-state index contributed by atoms with van der Waals surface area (Å²) in [6.07, 6.45) is 3.88. The highest BCUT2D eigenvalue weighted by atomic mass is 16.3. The van der Waals surface area contributed by atoms with Crippen LogP contribution in [0.2, 0.25) is 0 Å². The second kappa shape index (κ2) is 5.58. The first-order valence-electron chi connectivity index (χ1n) is 5.25. The summed E-state index contributed by atoms with van der Waals surface area (Å²) >= 11 is 0. The summed E-state index contributed by atoms with van der Waals surface area (Å²) in [6, 6.07) is 0. The molecule has 0 aromatic rings. The van der Waals surface area contributed by atoms with Gasteiger partial charge in [-0.15, -0.1) is 0 Å². The molecule has 0 aliphatic heterocycles. The number of aliphatic hydroxyl groups is 2. The van der Waals surface area contributed by atoms with Gasteiger partial charge in [-0.2, -0.15) is 0 Å². The van der Waals surface area contributed by atoms with Crippen molar-refractivity contribution in [2.75, 3.05) is 13.1 Å². The van der Waals surface area contributed by atoms with Gasteiger partial charge in [0.15, 0.2) is 0 Å². The minimum absolute atomic E-state index is 0.0906. The molecule has 3 atom stereocenters. The normalized spacial score (nSPS) is 31.6. The maximum atomic E-state index is 9.41. The summed E-state index contributed by atoms with van der Waals surface area (Å²) < 4.78 is 0. The molecule has 0 spiro atoms. The summed E-state index contributed by atoms with van der Waals surface area (Å²) in [4.78, 5) is 0. The highest BCUT2D eigenvalue weighted by Gasteiger charge is 2.19. The molecule has 0 saturated heterocycles. The molecule has 3 nitrogen and oxygen atoms in total. The maximum Gasteiger partial charge on any atom is 0.0636 e. The van der Waals surface area contributed by atoms with Gasteiger partial charge in [0.05, 0.1) is 12.2 Å². The molecule has 3 heteroatoms. The molecule has 78 valence electrons. The molecule has 1 rings (SSSR count). The average Bonchev–Trinajstić information content (AvgIpc) is 2.03. The zero-order valence-electron chi connectivity index (χ0n) is 8.37. The van der Waals surface area contributed by atoms with Crippen molar-refractivity contribution in [1.82, 2.24) is 5.32 Å². The van der Waals surface area contributed by atoms with Crippen LogP contribution < -0.4 is 5.32 Å². The number of aliphatic hydroxyl groups excluding tert-OH is 2. The van der Waals surface area contributed by atoms with E-state index in [0.717, 1.165) is 25.8 Å². The minimum Gasteiger partial charge on any atom is -0.393 e. The molecule has 0 bridgehead atoms. The predicted octanol–water partition coefficient (Wildman–Crippen LogP) is 0.508. The molecule has 3 N–H and O–H groups in total. The molecule has 2 unspecified atom stereocenters. The molecular formula is C10H21NO2. The second-order valence-corrected chi connectivity index (χ2v) is 4.19. The van der Waals surface area contributed by atoms with Gasteiger partial charge in [-0.3, -0.25) is 0 Å². The van der Waals surface area contributed by atoms with Gasteiger partial charge in [-0.05, 0) is 38.6 Å². The van der Waals surface area contributed by atoms with Crippen molar-refractivity contribution in [3.8, 4) is 0 Å². The molecule has 0 amide bonds. The van der Waals surface area contributed by atoms with E-state index in [9.17, 15) is 5.11 Å². The van der Waals surface area contributed by atoms with E-state index in [2.05, 4.69) is 5.32 Å². The topological polar surface area (TPSA) is 52.5 Å². The first-order chi connectivity index (χ1) is 6.18. The number of nitrogens with one attached hydrogen (secondary N) is 1. The molecular weight excluding hydrogens is 166 g/mol. The first-order valence-corrected chi connectivity index (χ1v) is 5.25. The van der Waals surface area contributed by atoms with Gasteiger partial charge in [0.2, 0.25) is 0 Å². The lowest BCUT2D eigenvalue weighted by molar-refractivity contribution is 0.0989. The fourth-order valence-corrected chi connectivity index (χ4v) is 1.94. The molecule has 13 heavy (non-hydrogen) atoms. The van der Waals surface area contributed by atoms with Gasteiger partial charge in [0.1, 0.15) is 0 Å². The Bertz CT molecular complexity index is 139. The van der Waals surface area contributed by atoms with Crippen LogP contribution in [0.1, 0.15) is 32.6 Å².